The predicted octanol–water partition coefficient (Wildman–Crippen LogP) is 3.40. The molecule has 0 radical (unpaired) electrons. The third-order valence-corrected chi connectivity index (χ3v) is 2.05. The van der Waals surface area contributed by atoms with E-state index < -0.39 is 11.7 Å². The van der Waals surface area contributed by atoms with Crippen molar-refractivity contribution in [2.75, 3.05) is 11.9 Å². The number of nitriles is 1. The maximum atomic E-state index is 12.4. The second-order valence-corrected chi connectivity index (χ2v) is 3.65. The zero-order valence-corrected chi connectivity index (χ0v) is 8.98. The number of alkyl halides is 3. The summed E-state index contributed by atoms with van der Waals surface area (Å²) in [6, 6.07) is 5.21. The van der Waals surface area contributed by atoms with Crippen LogP contribution in [0.25, 0.3) is 0 Å². The molecule has 0 saturated heterocycles. The van der Waals surface area contributed by atoms with E-state index in [1.807, 2.05) is 0 Å². The van der Waals surface area contributed by atoms with E-state index in [9.17, 15) is 13.2 Å². The van der Waals surface area contributed by atoms with Gasteiger partial charge in [-0.2, -0.15) is 18.4 Å². The van der Waals surface area contributed by atoms with E-state index in [4.69, 9.17) is 5.26 Å². The maximum Gasteiger partial charge on any atom is 0.416 e. The van der Waals surface area contributed by atoms with E-state index in [2.05, 4.69) is 21.2 Å². The number of rotatable bonds is 2. The number of hydrogen-bond donors (Lipinski definition) is 1. The summed E-state index contributed by atoms with van der Waals surface area (Å²) in [4.78, 5) is 0. The molecular weight excluding hydrogens is 273 g/mol. The largest absolute Gasteiger partial charge is 0.416 e. The second-order valence-electron chi connectivity index (χ2n) is 2.74. The zero-order valence-electron chi connectivity index (χ0n) is 7.40. The average molecular weight is 279 g/mol. The molecule has 0 fully saturated rings. The summed E-state index contributed by atoms with van der Waals surface area (Å²) in [6.07, 6.45) is -4.38. The molecule has 0 heterocycles. The van der Waals surface area contributed by atoms with Gasteiger partial charge in [-0.1, -0.05) is 15.9 Å². The third-order valence-electron chi connectivity index (χ3n) is 1.60. The molecule has 1 rings (SSSR count). The second kappa shape index (κ2) is 4.53. The molecule has 0 atom stereocenters. The Kier molecular flexibility index (Phi) is 3.58. The van der Waals surface area contributed by atoms with Crippen molar-refractivity contribution in [2.24, 2.45) is 0 Å². The van der Waals surface area contributed by atoms with Gasteiger partial charge in [0.2, 0.25) is 0 Å². The van der Waals surface area contributed by atoms with Crippen molar-refractivity contribution >= 4 is 21.6 Å². The van der Waals surface area contributed by atoms with Crippen LogP contribution in [-0.2, 0) is 6.18 Å². The Labute approximate surface area is 92.8 Å². The van der Waals surface area contributed by atoms with Gasteiger partial charge in [0.05, 0.1) is 11.6 Å². The van der Waals surface area contributed by atoms with E-state index in [1.165, 1.54) is 6.07 Å². The fourth-order valence-electron chi connectivity index (χ4n) is 0.997. The minimum absolute atomic E-state index is 0.0340. The highest BCUT2D eigenvalue weighted by Crippen LogP contribution is 2.33. The molecule has 1 aromatic carbocycles. The first-order valence-corrected chi connectivity index (χ1v) is 4.71. The number of halogens is 4. The Hall–Kier alpha value is -1.22. The normalized spacial score (nSPS) is 10.9. The molecule has 15 heavy (non-hydrogen) atoms. The summed E-state index contributed by atoms with van der Waals surface area (Å²) in [7, 11) is 0. The summed E-state index contributed by atoms with van der Waals surface area (Å²) in [5.41, 5.74) is -0.490. The van der Waals surface area contributed by atoms with Gasteiger partial charge < -0.3 is 5.32 Å². The van der Waals surface area contributed by atoms with Gasteiger partial charge in [-0.25, -0.2) is 0 Å². The Morgan fingerprint density at radius 3 is 2.53 bits per heavy atom. The number of benzene rings is 1. The molecule has 0 spiro atoms. The first-order chi connectivity index (χ1) is 6.93. The molecule has 0 aliphatic carbocycles. The summed E-state index contributed by atoms with van der Waals surface area (Å²) in [5.74, 6) is 0. The Balaban J connectivity index is 3.01. The van der Waals surface area contributed by atoms with Gasteiger partial charge in [-0.05, 0) is 18.2 Å². The molecule has 0 aromatic heterocycles. The van der Waals surface area contributed by atoms with Gasteiger partial charge in [0.25, 0.3) is 0 Å². The standard InChI is InChI=1S/C9H6BrF3N2/c10-7-3-6(9(11,12)13)4-8(5-7)15-2-1-14/h3-5,15H,2H2. The van der Waals surface area contributed by atoms with Crippen molar-refractivity contribution < 1.29 is 13.2 Å². The molecule has 0 aliphatic heterocycles. The van der Waals surface area contributed by atoms with Crippen LogP contribution in [0.4, 0.5) is 18.9 Å². The summed E-state index contributed by atoms with van der Waals surface area (Å²) < 4.78 is 37.4. The fraction of sp³-hybridized carbons (Fsp3) is 0.222. The minimum Gasteiger partial charge on any atom is -0.372 e. The van der Waals surface area contributed by atoms with Crippen LogP contribution in [0.15, 0.2) is 22.7 Å². The molecule has 0 bridgehead atoms. The molecule has 0 unspecified atom stereocenters. The van der Waals surface area contributed by atoms with Crippen LogP contribution in [0.3, 0.4) is 0 Å². The van der Waals surface area contributed by atoms with Crippen molar-refractivity contribution in [3.63, 3.8) is 0 Å². The third kappa shape index (κ3) is 3.44. The Morgan fingerprint density at radius 2 is 2.00 bits per heavy atom. The van der Waals surface area contributed by atoms with E-state index >= 15 is 0 Å². The van der Waals surface area contributed by atoms with Crippen LogP contribution in [0, 0.1) is 11.3 Å². The predicted molar refractivity (Wildman–Crippen MR) is 53.2 cm³/mol. The van der Waals surface area contributed by atoms with Crippen molar-refractivity contribution in [1.29, 1.82) is 5.26 Å². The van der Waals surface area contributed by atoms with E-state index in [-0.39, 0.29) is 12.2 Å². The maximum absolute atomic E-state index is 12.4. The zero-order chi connectivity index (χ0) is 11.5. The number of hydrogen-bond acceptors (Lipinski definition) is 2. The van der Waals surface area contributed by atoms with Crippen LogP contribution >= 0.6 is 15.9 Å². The molecule has 80 valence electrons. The lowest BCUT2D eigenvalue weighted by molar-refractivity contribution is -0.137. The van der Waals surface area contributed by atoms with Crippen LogP contribution in [-0.4, -0.2) is 6.54 Å². The molecule has 1 N–H and O–H groups in total. The van der Waals surface area contributed by atoms with Crippen molar-refractivity contribution in [3.8, 4) is 6.07 Å². The monoisotopic (exact) mass is 278 g/mol. The van der Waals surface area contributed by atoms with Crippen molar-refractivity contribution in [2.45, 2.75) is 6.18 Å². The molecule has 0 saturated carbocycles. The molecule has 2 nitrogen and oxygen atoms in total. The van der Waals surface area contributed by atoms with Gasteiger partial charge in [0.15, 0.2) is 0 Å². The highest BCUT2D eigenvalue weighted by molar-refractivity contribution is 9.10. The Morgan fingerprint density at radius 1 is 1.33 bits per heavy atom. The lowest BCUT2D eigenvalue weighted by Gasteiger charge is -2.10. The van der Waals surface area contributed by atoms with Crippen LogP contribution in [0.5, 0.6) is 0 Å². The summed E-state index contributed by atoms with van der Waals surface area (Å²) in [6.45, 7) is -0.0340. The number of nitrogens with one attached hydrogen (secondary N) is 1. The minimum atomic E-state index is -4.38. The first-order valence-electron chi connectivity index (χ1n) is 3.92. The number of nitrogens with zero attached hydrogens (tertiary/aromatic N) is 1. The van der Waals surface area contributed by atoms with Crippen molar-refractivity contribution in [3.05, 3.63) is 28.2 Å². The lowest BCUT2D eigenvalue weighted by atomic mass is 10.2. The summed E-state index contributed by atoms with van der Waals surface area (Å²) >= 11 is 2.97. The number of anilines is 1. The topological polar surface area (TPSA) is 35.8 Å². The van der Waals surface area contributed by atoms with Gasteiger partial charge in [-0.3, -0.25) is 0 Å². The highest BCUT2D eigenvalue weighted by atomic mass is 79.9. The van der Waals surface area contributed by atoms with Crippen LogP contribution < -0.4 is 5.32 Å². The van der Waals surface area contributed by atoms with Crippen molar-refractivity contribution in [1.82, 2.24) is 0 Å². The quantitative estimate of drug-likeness (QED) is 0.842. The SMILES string of the molecule is N#CCNc1cc(Br)cc(C(F)(F)F)c1. The highest BCUT2D eigenvalue weighted by Gasteiger charge is 2.30. The molecular formula is C9H6BrF3N2. The first kappa shape index (κ1) is 11.9. The molecule has 0 amide bonds. The van der Waals surface area contributed by atoms with E-state index in [0.29, 0.717) is 4.47 Å². The Bertz CT molecular complexity index is 395. The smallest absolute Gasteiger partial charge is 0.372 e. The summed E-state index contributed by atoms with van der Waals surface area (Å²) in [5, 5.41) is 10.8. The molecule has 1 aromatic rings. The van der Waals surface area contributed by atoms with Crippen LogP contribution in [0.1, 0.15) is 5.56 Å². The van der Waals surface area contributed by atoms with Gasteiger partial charge in [-0.15, -0.1) is 0 Å². The average Bonchev–Trinajstić information content (AvgIpc) is 2.12. The fourth-order valence-corrected chi connectivity index (χ4v) is 1.49. The van der Waals surface area contributed by atoms with Crippen LogP contribution in [0.2, 0.25) is 0 Å². The molecule has 6 heteroatoms. The van der Waals surface area contributed by atoms with Gasteiger partial charge in [0, 0.05) is 10.2 Å². The van der Waals surface area contributed by atoms with Gasteiger partial charge >= 0.3 is 6.18 Å². The lowest BCUT2D eigenvalue weighted by Crippen LogP contribution is -2.06. The van der Waals surface area contributed by atoms with E-state index in [0.717, 1.165) is 12.1 Å². The van der Waals surface area contributed by atoms with Gasteiger partial charge in [0.1, 0.15) is 6.54 Å². The molecule has 0 aliphatic rings. The van der Waals surface area contributed by atoms with E-state index in [1.54, 1.807) is 6.07 Å².